The Balaban J connectivity index is 0. The van der Waals surface area contributed by atoms with Gasteiger partial charge >= 0.3 is 30.8 Å². The van der Waals surface area contributed by atoms with E-state index in [2.05, 4.69) is 16.0 Å². The minimum absolute atomic E-state index is 0. The van der Waals surface area contributed by atoms with Crippen molar-refractivity contribution in [2.45, 2.75) is 0 Å². The molecule has 0 heterocycles. The van der Waals surface area contributed by atoms with Crippen LogP contribution in [0.2, 0.25) is 0 Å². The normalized spacial score (nSPS) is 5.20. The summed E-state index contributed by atoms with van der Waals surface area (Å²) in [6.07, 6.45) is 0. The Bertz CT molecular complexity index is 29.9. The van der Waals surface area contributed by atoms with Gasteiger partial charge in [0.25, 0.3) is 0 Å². The van der Waals surface area contributed by atoms with Gasteiger partial charge in [0.2, 0.25) is 0 Å². The SMILES string of the molecule is O.O=[C](O)[Cu]. The van der Waals surface area contributed by atoms with Crippen molar-refractivity contribution in [2.24, 2.45) is 0 Å². The topological polar surface area (TPSA) is 68.8 Å². The molecule has 0 unspecified atom stereocenters. The van der Waals surface area contributed by atoms with Crippen LogP contribution in [0.1, 0.15) is 0 Å². The van der Waals surface area contributed by atoms with Crippen LogP contribution in [0.4, 0.5) is 4.79 Å². The van der Waals surface area contributed by atoms with Crippen LogP contribution in [0.25, 0.3) is 0 Å². The molecular weight excluding hydrogens is 124 g/mol. The molecular formula is CH3CuO3. The van der Waals surface area contributed by atoms with Crippen LogP contribution in [0.3, 0.4) is 0 Å². The maximum absolute atomic E-state index is 8.81. The van der Waals surface area contributed by atoms with E-state index in [0.29, 0.717) is 0 Å². The van der Waals surface area contributed by atoms with Gasteiger partial charge < -0.3 is 5.48 Å². The van der Waals surface area contributed by atoms with Crippen LogP contribution in [0.15, 0.2) is 0 Å². The quantitative estimate of drug-likeness (QED) is 0.440. The zero-order chi connectivity index (χ0) is 3.58. The molecule has 0 aliphatic rings. The van der Waals surface area contributed by atoms with E-state index in [1.165, 1.54) is 0 Å². The molecule has 0 aromatic heterocycles. The van der Waals surface area contributed by atoms with Gasteiger partial charge in [-0.3, -0.25) is 0 Å². The fraction of sp³-hybridized carbons (Fsp3) is 0. The third-order valence-corrected chi connectivity index (χ3v) is 0. The van der Waals surface area contributed by atoms with E-state index >= 15 is 0 Å². The molecule has 0 spiro atoms. The maximum atomic E-state index is 8.81. The molecule has 0 aliphatic carbocycles. The zero-order valence-corrected chi connectivity index (χ0v) is 3.10. The number of hydrogen-bond acceptors (Lipinski definition) is 1. The van der Waals surface area contributed by atoms with E-state index in [1.807, 2.05) is 0 Å². The van der Waals surface area contributed by atoms with Crippen molar-refractivity contribution in [3.8, 4) is 0 Å². The predicted molar refractivity (Wildman–Crippen MR) is 11.6 cm³/mol. The Morgan fingerprint density at radius 2 is 1.80 bits per heavy atom. The summed E-state index contributed by atoms with van der Waals surface area (Å²) in [6, 6.07) is 0. The summed E-state index contributed by atoms with van der Waals surface area (Å²) in [5.41, 5.74) is 0. The van der Waals surface area contributed by atoms with E-state index in [0.717, 1.165) is 0 Å². The second-order valence-corrected chi connectivity index (χ2v) is 0.623. The average Bonchev–Trinajstić information content (AvgIpc) is 0.811. The van der Waals surface area contributed by atoms with Crippen molar-refractivity contribution >= 4 is 4.87 Å². The molecule has 0 saturated carbocycles. The second kappa shape index (κ2) is 3.95. The summed E-state index contributed by atoms with van der Waals surface area (Å²) >= 11 is 3.66. The van der Waals surface area contributed by atoms with Gasteiger partial charge in [-0.15, -0.1) is 0 Å². The summed E-state index contributed by atoms with van der Waals surface area (Å²) in [4.78, 5) is 7.53. The Hall–Kier alpha value is -0.0505. The summed E-state index contributed by atoms with van der Waals surface area (Å²) < 4.78 is 0. The van der Waals surface area contributed by atoms with Crippen molar-refractivity contribution in [1.82, 2.24) is 0 Å². The monoisotopic (exact) mass is 126 g/mol. The van der Waals surface area contributed by atoms with Gasteiger partial charge in [-0.1, -0.05) is 0 Å². The standard InChI is InChI=1S/CHO2.Cu.H2O/c2-1-3;;/h(H,2,3);;1H2. The Morgan fingerprint density at radius 3 is 1.80 bits per heavy atom. The van der Waals surface area contributed by atoms with E-state index in [9.17, 15) is 0 Å². The molecule has 4 heteroatoms. The van der Waals surface area contributed by atoms with Crippen molar-refractivity contribution in [3.63, 3.8) is 0 Å². The Kier molecular flexibility index (Phi) is 7.01. The molecule has 0 aromatic carbocycles. The van der Waals surface area contributed by atoms with Crippen molar-refractivity contribution in [2.75, 3.05) is 0 Å². The van der Waals surface area contributed by atoms with Crippen LogP contribution in [0.5, 0.6) is 0 Å². The second-order valence-electron chi connectivity index (χ2n) is 0.220. The van der Waals surface area contributed by atoms with Crippen molar-refractivity contribution < 1.29 is 31.4 Å². The molecule has 5 heavy (non-hydrogen) atoms. The molecule has 0 aromatic rings. The molecule has 0 rings (SSSR count). The predicted octanol–water partition coefficient (Wildman–Crippen LogP) is -0.613. The average molecular weight is 127 g/mol. The Labute approximate surface area is 37.1 Å². The Morgan fingerprint density at radius 1 is 1.80 bits per heavy atom. The number of carbonyl (C=O) groups is 1. The van der Waals surface area contributed by atoms with Crippen molar-refractivity contribution in [1.29, 1.82) is 0 Å². The minimum atomic E-state index is -1.27. The summed E-state index contributed by atoms with van der Waals surface area (Å²) in [5.74, 6) is 0. The number of hydrogen-bond donors (Lipinski definition) is 1. The molecule has 0 bridgehead atoms. The first kappa shape index (κ1) is 8.87. The zero-order valence-electron chi connectivity index (χ0n) is 2.16. The fourth-order valence-electron chi connectivity index (χ4n) is 0. The first-order valence-corrected chi connectivity index (χ1v) is 1.05. The molecule has 0 saturated heterocycles. The first-order valence-electron chi connectivity index (χ1n) is 0.578. The van der Waals surface area contributed by atoms with Crippen LogP contribution in [0, 0.1) is 0 Å². The van der Waals surface area contributed by atoms with Gasteiger partial charge in [0.15, 0.2) is 0 Å². The molecule has 0 radical (unpaired) electrons. The summed E-state index contributed by atoms with van der Waals surface area (Å²) in [7, 11) is 0. The summed E-state index contributed by atoms with van der Waals surface area (Å²) in [5, 5.41) is 7.22. The van der Waals surface area contributed by atoms with Crippen molar-refractivity contribution in [3.05, 3.63) is 0 Å². The third-order valence-electron chi connectivity index (χ3n) is 0. The molecule has 3 N–H and O–H groups in total. The van der Waals surface area contributed by atoms with Gasteiger partial charge in [-0.25, -0.2) is 0 Å². The molecule has 0 atom stereocenters. The third kappa shape index (κ3) is 5880. The van der Waals surface area contributed by atoms with Gasteiger partial charge in [-0.05, 0) is 0 Å². The van der Waals surface area contributed by atoms with Crippen LogP contribution in [-0.4, -0.2) is 15.5 Å². The van der Waals surface area contributed by atoms with E-state index in [-0.39, 0.29) is 5.48 Å². The van der Waals surface area contributed by atoms with Crippen LogP contribution < -0.4 is 0 Å². The molecule has 0 aliphatic heterocycles. The van der Waals surface area contributed by atoms with E-state index in [1.54, 1.807) is 0 Å². The van der Waals surface area contributed by atoms with E-state index in [4.69, 9.17) is 9.90 Å². The summed E-state index contributed by atoms with van der Waals surface area (Å²) in [6.45, 7) is 0. The molecule has 0 fully saturated rings. The van der Waals surface area contributed by atoms with Gasteiger partial charge in [0, 0.05) is 0 Å². The number of rotatable bonds is 0. The van der Waals surface area contributed by atoms with Crippen LogP contribution >= 0.6 is 0 Å². The van der Waals surface area contributed by atoms with Gasteiger partial charge in [0.05, 0.1) is 0 Å². The molecule has 3 nitrogen and oxygen atoms in total. The molecule has 36 valence electrons. The number of carboxylic acid groups (broad SMARTS) is 1. The fourth-order valence-corrected chi connectivity index (χ4v) is 0. The van der Waals surface area contributed by atoms with Gasteiger partial charge in [0.1, 0.15) is 0 Å². The first-order chi connectivity index (χ1) is 1.73. The van der Waals surface area contributed by atoms with E-state index < -0.39 is 4.87 Å². The van der Waals surface area contributed by atoms with Crippen LogP contribution in [-0.2, 0) is 16.0 Å². The van der Waals surface area contributed by atoms with Gasteiger partial charge in [-0.2, -0.15) is 0 Å². The molecule has 0 amide bonds.